The van der Waals surface area contributed by atoms with Crippen LogP contribution in [-0.4, -0.2) is 11.9 Å². The molecule has 20 heavy (non-hydrogen) atoms. The van der Waals surface area contributed by atoms with E-state index in [1.807, 2.05) is 55.5 Å². The molecule has 0 saturated heterocycles. The zero-order chi connectivity index (χ0) is 15.1. The van der Waals surface area contributed by atoms with Gasteiger partial charge in [0.15, 0.2) is 0 Å². The minimum atomic E-state index is 0.640. The summed E-state index contributed by atoms with van der Waals surface area (Å²) in [5.74, 6) is 0. The number of para-hydroxylation sites is 1. The van der Waals surface area contributed by atoms with Crippen molar-refractivity contribution in [3.63, 3.8) is 0 Å². The maximum absolute atomic E-state index is 5.35. The molecule has 0 spiro atoms. The Morgan fingerprint density at radius 2 is 1.35 bits per heavy atom. The third-order valence-corrected chi connectivity index (χ3v) is 2.23. The van der Waals surface area contributed by atoms with Gasteiger partial charge in [-0.25, -0.2) is 0 Å². The average Bonchev–Trinajstić information content (AvgIpc) is 2.51. The number of rotatable bonds is 3. The molecule has 3 heteroatoms. The number of hydrogen-bond donors (Lipinski definition) is 2. The summed E-state index contributed by atoms with van der Waals surface area (Å²) >= 11 is 3.15. The van der Waals surface area contributed by atoms with Crippen molar-refractivity contribution < 1.29 is 0 Å². The quantitative estimate of drug-likeness (QED) is 0.799. The van der Waals surface area contributed by atoms with Crippen LogP contribution in [0.4, 0.5) is 5.69 Å². The average molecular weight is 337 g/mol. The Kier molecular flexibility index (Phi) is 13.2. The fraction of sp³-hybridized carbons (Fsp3) is 0.294. The summed E-state index contributed by atoms with van der Waals surface area (Å²) in [4.78, 5) is 0. The van der Waals surface area contributed by atoms with Gasteiger partial charge in [-0.1, -0.05) is 71.4 Å². The Balaban J connectivity index is 0.000000304. The molecule has 0 aliphatic carbocycles. The lowest BCUT2D eigenvalue weighted by Gasteiger charge is -1.99. The predicted molar refractivity (Wildman–Crippen MR) is 94.4 cm³/mol. The Labute approximate surface area is 131 Å². The van der Waals surface area contributed by atoms with E-state index in [0.29, 0.717) is 6.54 Å². The molecule has 2 nitrogen and oxygen atoms in total. The van der Waals surface area contributed by atoms with Crippen molar-refractivity contribution in [1.82, 2.24) is 0 Å². The molecule has 0 aliphatic rings. The van der Waals surface area contributed by atoms with Crippen LogP contribution in [0.15, 0.2) is 60.7 Å². The second-order valence-corrected chi connectivity index (χ2v) is 4.97. The van der Waals surface area contributed by atoms with Crippen molar-refractivity contribution in [2.45, 2.75) is 20.4 Å². The van der Waals surface area contributed by atoms with Crippen LogP contribution in [-0.2, 0) is 6.54 Å². The molecule has 0 saturated carbocycles. The molecule has 0 atom stereocenters. The highest BCUT2D eigenvalue weighted by Crippen LogP contribution is 2.02. The van der Waals surface area contributed by atoms with Gasteiger partial charge in [0, 0.05) is 24.1 Å². The van der Waals surface area contributed by atoms with Gasteiger partial charge in [0.05, 0.1) is 0 Å². The molecular formula is C17H25BrN2. The number of nitrogens with two attached hydrogens (primary N) is 1. The van der Waals surface area contributed by atoms with E-state index in [2.05, 4.69) is 40.3 Å². The van der Waals surface area contributed by atoms with Crippen molar-refractivity contribution in [3.8, 4) is 0 Å². The van der Waals surface area contributed by atoms with Crippen LogP contribution in [0, 0.1) is 0 Å². The van der Waals surface area contributed by atoms with Gasteiger partial charge < -0.3 is 11.1 Å². The minimum Gasteiger partial charge on any atom is -0.385 e. The van der Waals surface area contributed by atoms with E-state index in [0.717, 1.165) is 11.9 Å². The van der Waals surface area contributed by atoms with Crippen LogP contribution >= 0.6 is 15.9 Å². The fourth-order valence-corrected chi connectivity index (χ4v) is 1.37. The van der Waals surface area contributed by atoms with Crippen LogP contribution in [0.1, 0.15) is 19.4 Å². The van der Waals surface area contributed by atoms with Crippen molar-refractivity contribution >= 4 is 21.6 Å². The monoisotopic (exact) mass is 336 g/mol. The number of benzene rings is 2. The van der Waals surface area contributed by atoms with Crippen LogP contribution in [0.3, 0.4) is 0 Å². The first-order valence-corrected chi connectivity index (χ1v) is 7.99. The van der Waals surface area contributed by atoms with E-state index in [1.165, 1.54) is 11.3 Å². The summed E-state index contributed by atoms with van der Waals surface area (Å²) in [6.07, 6.45) is 0. The molecule has 0 bridgehead atoms. The zero-order valence-corrected chi connectivity index (χ0v) is 13.9. The van der Waals surface area contributed by atoms with Gasteiger partial charge in [0.1, 0.15) is 0 Å². The second kappa shape index (κ2) is 14.1. The first-order valence-electron chi connectivity index (χ1n) is 6.87. The van der Waals surface area contributed by atoms with E-state index in [4.69, 9.17) is 5.73 Å². The van der Waals surface area contributed by atoms with E-state index >= 15 is 0 Å². The van der Waals surface area contributed by atoms with Gasteiger partial charge in [0.25, 0.3) is 0 Å². The smallest absolute Gasteiger partial charge is 0.0340 e. The lowest BCUT2D eigenvalue weighted by atomic mass is 10.2. The van der Waals surface area contributed by atoms with E-state index in [-0.39, 0.29) is 0 Å². The Hall–Kier alpha value is -1.32. The molecule has 110 valence electrons. The summed E-state index contributed by atoms with van der Waals surface area (Å²) in [6.45, 7) is 5.76. The standard InChI is InChI=1S/C8H11N.C7H9N.C2H5Br/c1-2-9-8-6-4-3-5-7-8;8-6-7-4-2-1-3-5-7;1-2-3/h3-7,9H,2H2,1H3;1-5H,6,8H2;2H2,1H3. The maximum atomic E-state index is 5.35. The summed E-state index contributed by atoms with van der Waals surface area (Å²) in [6, 6.07) is 20.2. The van der Waals surface area contributed by atoms with Crippen LogP contribution in [0.2, 0.25) is 0 Å². The van der Waals surface area contributed by atoms with Gasteiger partial charge in [-0.3, -0.25) is 0 Å². The van der Waals surface area contributed by atoms with E-state index < -0.39 is 0 Å². The van der Waals surface area contributed by atoms with Crippen molar-refractivity contribution in [2.24, 2.45) is 5.73 Å². The highest BCUT2D eigenvalue weighted by Gasteiger charge is 1.81. The van der Waals surface area contributed by atoms with Gasteiger partial charge in [-0.15, -0.1) is 0 Å². The fourth-order valence-electron chi connectivity index (χ4n) is 1.37. The third-order valence-electron chi connectivity index (χ3n) is 2.23. The van der Waals surface area contributed by atoms with Gasteiger partial charge in [-0.05, 0) is 24.6 Å². The summed E-state index contributed by atoms with van der Waals surface area (Å²) < 4.78 is 0. The van der Waals surface area contributed by atoms with Gasteiger partial charge in [0.2, 0.25) is 0 Å². The molecule has 0 aromatic heterocycles. The highest BCUT2D eigenvalue weighted by atomic mass is 79.9. The lowest BCUT2D eigenvalue weighted by Crippen LogP contribution is -1.94. The molecule has 0 unspecified atom stereocenters. The summed E-state index contributed by atoms with van der Waals surface area (Å²) in [5.41, 5.74) is 7.73. The van der Waals surface area contributed by atoms with Crippen molar-refractivity contribution in [2.75, 3.05) is 17.2 Å². The second-order valence-electron chi connectivity index (χ2n) is 3.85. The Morgan fingerprint density at radius 3 is 1.70 bits per heavy atom. The number of nitrogens with one attached hydrogen (secondary N) is 1. The largest absolute Gasteiger partial charge is 0.385 e. The summed E-state index contributed by atoms with van der Waals surface area (Å²) in [7, 11) is 0. The maximum Gasteiger partial charge on any atom is 0.0340 e. The van der Waals surface area contributed by atoms with Crippen molar-refractivity contribution in [1.29, 1.82) is 0 Å². The molecule has 2 rings (SSSR count). The Bertz CT molecular complexity index is 404. The molecular weight excluding hydrogens is 312 g/mol. The molecule has 0 radical (unpaired) electrons. The molecule has 0 fully saturated rings. The lowest BCUT2D eigenvalue weighted by molar-refractivity contribution is 1.07. The predicted octanol–water partition coefficient (Wildman–Crippen LogP) is 4.66. The number of hydrogen-bond acceptors (Lipinski definition) is 2. The molecule has 2 aromatic rings. The highest BCUT2D eigenvalue weighted by molar-refractivity contribution is 9.09. The topological polar surface area (TPSA) is 38.0 Å². The molecule has 0 amide bonds. The molecule has 2 aromatic carbocycles. The van der Waals surface area contributed by atoms with E-state index in [9.17, 15) is 0 Å². The van der Waals surface area contributed by atoms with Crippen molar-refractivity contribution in [3.05, 3.63) is 66.2 Å². The normalized spacial score (nSPS) is 8.60. The van der Waals surface area contributed by atoms with Crippen LogP contribution in [0.25, 0.3) is 0 Å². The molecule has 3 N–H and O–H groups in total. The molecule has 0 heterocycles. The summed E-state index contributed by atoms with van der Waals surface area (Å²) in [5, 5.41) is 4.27. The van der Waals surface area contributed by atoms with Gasteiger partial charge >= 0.3 is 0 Å². The van der Waals surface area contributed by atoms with E-state index in [1.54, 1.807) is 0 Å². The third kappa shape index (κ3) is 10.6. The Morgan fingerprint density at radius 1 is 0.900 bits per heavy atom. The SMILES string of the molecule is CCBr.CCNc1ccccc1.NCc1ccccc1. The molecule has 0 aliphatic heterocycles. The first-order chi connectivity index (χ1) is 9.78. The number of anilines is 1. The zero-order valence-electron chi connectivity index (χ0n) is 12.4. The van der Waals surface area contributed by atoms with Crippen LogP contribution in [0.5, 0.6) is 0 Å². The number of halogens is 1. The number of alkyl halides is 1. The first kappa shape index (κ1) is 18.7. The van der Waals surface area contributed by atoms with Crippen LogP contribution < -0.4 is 11.1 Å². The minimum absolute atomic E-state index is 0.640. The van der Waals surface area contributed by atoms with Gasteiger partial charge in [-0.2, -0.15) is 0 Å².